The van der Waals surface area contributed by atoms with E-state index in [9.17, 15) is 32.7 Å². The van der Waals surface area contributed by atoms with Crippen LogP contribution in [0, 0.1) is 5.41 Å². The Morgan fingerprint density at radius 1 is 1.00 bits per heavy atom. The molecular formula is C17H21F3N2O4. The number of hydrogen-bond donors (Lipinski definition) is 3. The van der Waals surface area contributed by atoms with Crippen LogP contribution in [0.25, 0.3) is 0 Å². The SMILES string of the molecule is CCC(CC)(CNC(=O)CNC(=O)c1ccc(C(F)(F)F)cc1)C(=O)O. The first-order valence-corrected chi connectivity index (χ1v) is 8.01. The highest BCUT2D eigenvalue weighted by atomic mass is 19.4. The molecule has 1 aromatic rings. The van der Waals surface area contributed by atoms with Crippen LogP contribution in [0.15, 0.2) is 24.3 Å². The van der Waals surface area contributed by atoms with E-state index in [2.05, 4.69) is 10.6 Å². The fourth-order valence-corrected chi connectivity index (χ4v) is 2.28. The molecule has 0 spiro atoms. The second-order valence-electron chi connectivity index (χ2n) is 5.83. The minimum atomic E-state index is -4.50. The van der Waals surface area contributed by atoms with Crippen molar-refractivity contribution >= 4 is 17.8 Å². The summed E-state index contributed by atoms with van der Waals surface area (Å²) in [7, 11) is 0. The molecule has 0 atom stereocenters. The van der Waals surface area contributed by atoms with E-state index in [0.717, 1.165) is 24.3 Å². The molecule has 0 aromatic heterocycles. The van der Waals surface area contributed by atoms with E-state index < -0.39 is 41.5 Å². The number of carbonyl (C=O) groups is 3. The predicted octanol–water partition coefficient (Wildman–Crippen LogP) is 2.44. The van der Waals surface area contributed by atoms with E-state index in [-0.39, 0.29) is 12.1 Å². The van der Waals surface area contributed by atoms with Crippen molar-refractivity contribution < 1.29 is 32.7 Å². The van der Waals surface area contributed by atoms with Gasteiger partial charge in [0.1, 0.15) is 0 Å². The molecule has 0 aliphatic heterocycles. The minimum Gasteiger partial charge on any atom is -0.481 e. The summed E-state index contributed by atoms with van der Waals surface area (Å²) in [6, 6.07) is 3.58. The molecule has 0 fully saturated rings. The third-order valence-corrected chi connectivity index (χ3v) is 4.32. The van der Waals surface area contributed by atoms with Crippen molar-refractivity contribution in [1.82, 2.24) is 10.6 Å². The van der Waals surface area contributed by atoms with Crippen molar-refractivity contribution in [3.63, 3.8) is 0 Å². The monoisotopic (exact) mass is 374 g/mol. The molecule has 3 N–H and O–H groups in total. The molecule has 0 bridgehead atoms. The number of rotatable bonds is 8. The van der Waals surface area contributed by atoms with Crippen LogP contribution >= 0.6 is 0 Å². The van der Waals surface area contributed by atoms with Gasteiger partial charge in [0.15, 0.2) is 0 Å². The zero-order chi connectivity index (χ0) is 20.0. The topological polar surface area (TPSA) is 95.5 Å². The van der Waals surface area contributed by atoms with Gasteiger partial charge in [-0.2, -0.15) is 13.2 Å². The molecule has 0 heterocycles. The summed E-state index contributed by atoms with van der Waals surface area (Å²) in [5.74, 6) is -2.31. The van der Waals surface area contributed by atoms with Gasteiger partial charge in [-0.1, -0.05) is 13.8 Å². The molecule has 0 unspecified atom stereocenters. The second-order valence-corrected chi connectivity index (χ2v) is 5.83. The van der Waals surface area contributed by atoms with Crippen LogP contribution in [0.1, 0.15) is 42.6 Å². The lowest BCUT2D eigenvalue weighted by atomic mass is 9.82. The largest absolute Gasteiger partial charge is 0.481 e. The number of aliphatic carboxylic acids is 1. The summed E-state index contributed by atoms with van der Waals surface area (Å²) in [6.45, 7) is 2.92. The van der Waals surface area contributed by atoms with Crippen molar-refractivity contribution in [3.8, 4) is 0 Å². The molecule has 9 heteroatoms. The molecule has 0 aliphatic rings. The van der Waals surface area contributed by atoms with Crippen molar-refractivity contribution in [2.24, 2.45) is 5.41 Å². The van der Waals surface area contributed by atoms with E-state index in [4.69, 9.17) is 0 Å². The van der Waals surface area contributed by atoms with Gasteiger partial charge in [-0.15, -0.1) is 0 Å². The van der Waals surface area contributed by atoms with Gasteiger partial charge in [0.2, 0.25) is 5.91 Å². The van der Waals surface area contributed by atoms with Gasteiger partial charge in [0.05, 0.1) is 17.5 Å². The Hall–Kier alpha value is -2.58. The maximum atomic E-state index is 12.5. The zero-order valence-corrected chi connectivity index (χ0v) is 14.4. The van der Waals surface area contributed by atoms with Gasteiger partial charge in [-0.25, -0.2) is 0 Å². The first-order valence-electron chi connectivity index (χ1n) is 8.01. The average Bonchev–Trinajstić information content (AvgIpc) is 2.60. The fraction of sp³-hybridized carbons (Fsp3) is 0.471. The van der Waals surface area contributed by atoms with Gasteiger partial charge < -0.3 is 15.7 Å². The van der Waals surface area contributed by atoms with Crippen LogP contribution in [-0.2, 0) is 15.8 Å². The molecule has 1 rings (SSSR count). The Morgan fingerprint density at radius 2 is 1.54 bits per heavy atom. The van der Waals surface area contributed by atoms with Crippen LogP contribution in [0.4, 0.5) is 13.2 Å². The maximum absolute atomic E-state index is 12.5. The molecule has 0 saturated carbocycles. The lowest BCUT2D eigenvalue weighted by molar-refractivity contribution is -0.149. The number of carboxylic acids is 1. The second kappa shape index (κ2) is 8.68. The van der Waals surface area contributed by atoms with Gasteiger partial charge in [0, 0.05) is 12.1 Å². The molecule has 6 nitrogen and oxygen atoms in total. The van der Waals surface area contributed by atoms with Crippen LogP contribution in [0.3, 0.4) is 0 Å². The Morgan fingerprint density at radius 3 is 1.96 bits per heavy atom. The number of carboxylic acid groups (broad SMARTS) is 1. The van der Waals surface area contributed by atoms with E-state index in [1.165, 1.54) is 0 Å². The quantitative estimate of drug-likeness (QED) is 0.651. The van der Waals surface area contributed by atoms with E-state index in [0.29, 0.717) is 12.8 Å². The Labute approximate surface area is 148 Å². The summed E-state index contributed by atoms with van der Waals surface area (Å²) in [6.07, 6.45) is -3.84. The molecular weight excluding hydrogens is 353 g/mol. The summed E-state index contributed by atoms with van der Waals surface area (Å²) in [4.78, 5) is 35.0. The Balaban J connectivity index is 2.57. The normalized spacial score (nSPS) is 11.7. The standard InChI is InChI=1S/C17H21F3N2O4/c1-3-16(4-2,15(25)26)10-22-13(23)9-21-14(24)11-5-7-12(8-6-11)17(18,19)20/h5-8H,3-4,9-10H2,1-2H3,(H,21,24)(H,22,23)(H,25,26). The summed E-state index contributed by atoms with van der Waals surface area (Å²) in [5.41, 5.74) is -1.98. The van der Waals surface area contributed by atoms with E-state index in [1.54, 1.807) is 13.8 Å². The maximum Gasteiger partial charge on any atom is 0.416 e. The summed E-state index contributed by atoms with van der Waals surface area (Å²) in [5, 5.41) is 14.0. The van der Waals surface area contributed by atoms with Gasteiger partial charge in [-0.05, 0) is 37.1 Å². The lowest BCUT2D eigenvalue weighted by Crippen LogP contribution is -2.45. The minimum absolute atomic E-state index is 0.0206. The first-order chi connectivity index (χ1) is 12.1. The van der Waals surface area contributed by atoms with Crippen molar-refractivity contribution in [1.29, 1.82) is 0 Å². The van der Waals surface area contributed by atoms with Crippen LogP contribution in [0.2, 0.25) is 0 Å². The number of nitrogens with one attached hydrogen (secondary N) is 2. The third kappa shape index (κ3) is 5.47. The predicted molar refractivity (Wildman–Crippen MR) is 87.4 cm³/mol. The fourth-order valence-electron chi connectivity index (χ4n) is 2.28. The van der Waals surface area contributed by atoms with Crippen molar-refractivity contribution in [3.05, 3.63) is 35.4 Å². The Bertz CT molecular complexity index is 653. The van der Waals surface area contributed by atoms with E-state index >= 15 is 0 Å². The van der Waals surface area contributed by atoms with Crippen LogP contribution in [-0.4, -0.2) is 36.0 Å². The van der Waals surface area contributed by atoms with E-state index in [1.807, 2.05) is 0 Å². The molecule has 1 aromatic carbocycles. The Kier molecular flexibility index (Phi) is 7.17. The highest BCUT2D eigenvalue weighted by Crippen LogP contribution is 2.29. The molecule has 144 valence electrons. The molecule has 0 radical (unpaired) electrons. The zero-order valence-electron chi connectivity index (χ0n) is 14.4. The van der Waals surface area contributed by atoms with Crippen molar-refractivity contribution in [2.45, 2.75) is 32.9 Å². The third-order valence-electron chi connectivity index (χ3n) is 4.32. The van der Waals surface area contributed by atoms with Crippen LogP contribution < -0.4 is 10.6 Å². The van der Waals surface area contributed by atoms with Gasteiger partial charge in [0.25, 0.3) is 5.91 Å². The number of alkyl halides is 3. The molecule has 0 saturated heterocycles. The molecule has 26 heavy (non-hydrogen) atoms. The smallest absolute Gasteiger partial charge is 0.416 e. The number of hydrogen-bond acceptors (Lipinski definition) is 3. The number of amides is 2. The summed E-state index contributed by atoms with van der Waals surface area (Å²) < 4.78 is 37.4. The lowest BCUT2D eigenvalue weighted by Gasteiger charge is -2.26. The highest BCUT2D eigenvalue weighted by Gasteiger charge is 2.35. The number of benzene rings is 1. The van der Waals surface area contributed by atoms with Gasteiger partial charge >= 0.3 is 12.1 Å². The van der Waals surface area contributed by atoms with Crippen LogP contribution in [0.5, 0.6) is 0 Å². The van der Waals surface area contributed by atoms with Gasteiger partial charge in [-0.3, -0.25) is 14.4 Å². The highest BCUT2D eigenvalue weighted by molar-refractivity contribution is 5.96. The molecule has 0 aliphatic carbocycles. The molecule has 2 amide bonds. The van der Waals surface area contributed by atoms with Crippen molar-refractivity contribution in [2.75, 3.05) is 13.1 Å². The average molecular weight is 374 g/mol. The number of halogens is 3. The number of carbonyl (C=O) groups excluding carboxylic acids is 2. The summed E-state index contributed by atoms with van der Waals surface area (Å²) >= 11 is 0. The first kappa shape index (κ1) is 21.5.